The number of anilines is 1. The number of nitrogens with one attached hydrogen (secondary N) is 1. The number of ketones is 1. The second-order valence-corrected chi connectivity index (χ2v) is 6.67. The molecule has 5 heteroatoms. The number of carbonyl (C=O) groups is 2. The topological polar surface area (TPSA) is 55.4 Å². The molecule has 0 saturated carbocycles. The minimum atomic E-state index is -0.259. The van der Waals surface area contributed by atoms with E-state index in [4.69, 9.17) is 4.74 Å². The maximum atomic E-state index is 12.0. The van der Waals surface area contributed by atoms with Gasteiger partial charge in [-0.15, -0.1) is 0 Å². The average molecular weight is 390 g/mol. The van der Waals surface area contributed by atoms with Crippen molar-refractivity contribution in [1.29, 1.82) is 0 Å². The van der Waals surface area contributed by atoms with E-state index in [0.717, 1.165) is 4.47 Å². The molecule has 0 saturated heterocycles. The third kappa shape index (κ3) is 4.93. The van der Waals surface area contributed by atoms with Crippen LogP contribution < -0.4 is 10.1 Å². The van der Waals surface area contributed by atoms with Gasteiger partial charge >= 0.3 is 0 Å². The second kappa shape index (κ2) is 8.11. The van der Waals surface area contributed by atoms with Gasteiger partial charge < -0.3 is 10.1 Å². The number of Topliss-reactive ketones (excluding diaryl/α,β-unsaturated/α-hetero) is 1. The third-order valence-corrected chi connectivity index (χ3v) is 4.18. The molecule has 0 spiro atoms. The van der Waals surface area contributed by atoms with Gasteiger partial charge in [-0.1, -0.05) is 19.9 Å². The van der Waals surface area contributed by atoms with Gasteiger partial charge in [0.1, 0.15) is 5.75 Å². The fourth-order valence-corrected chi connectivity index (χ4v) is 2.63. The standard InChI is InChI=1S/C19H20BrNO3/c1-12(2)15-6-9-18(17(20)10-15)24-11-19(23)21-16-7-4-14(5-8-16)13(3)22/h4-10,12H,11H2,1-3H3,(H,21,23). The molecular weight excluding hydrogens is 370 g/mol. The lowest BCUT2D eigenvalue weighted by Gasteiger charge is -2.11. The van der Waals surface area contributed by atoms with Gasteiger partial charge in [0.25, 0.3) is 5.91 Å². The molecule has 2 aromatic rings. The monoisotopic (exact) mass is 389 g/mol. The Morgan fingerprint density at radius 1 is 1.12 bits per heavy atom. The predicted molar refractivity (Wildman–Crippen MR) is 98.8 cm³/mol. The molecule has 2 aromatic carbocycles. The number of carbonyl (C=O) groups excluding carboxylic acids is 2. The molecule has 1 N–H and O–H groups in total. The van der Waals surface area contributed by atoms with Crippen molar-refractivity contribution in [2.45, 2.75) is 26.7 Å². The summed E-state index contributed by atoms with van der Waals surface area (Å²) >= 11 is 3.47. The van der Waals surface area contributed by atoms with E-state index < -0.39 is 0 Å². The van der Waals surface area contributed by atoms with E-state index in [2.05, 4.69) is 35.1 Å². The average Bonchev–Trinajstić information content (AvgIpc) is 2.54. The van der Waals surface area contributed by atoms with Crippen LogP contribution in [0.15, 0.2) is 46.9 Å². The van der Waals surface area contributed by atoms with Crippen molar-refractivity contribution in [3.63, 3.8) is 0 Å². The van der Waals surface area contributed by atoms with Crippen LogP contribution in [0.3, 0.4) is 0 Å². The van der Waals surface area contributed by atoms with E-state index in [9.17, 15) is 9.59 Å². The Labute approximate surface area is 150 Å². The highest BCUT2D eigenvalue weighted by Gasteiger charge is 2.09. The summed E-state index contributed by atoms with van der Waals surface area (Å²) in [4.78, 5) is 23.2. The highest BCUT2D eigenvalue weighted by atomic mass is 79.9. The van der Waals surface area contributed by atoms with E-state index >= 15 is 0 Å². The molecule has 24 heavy (non-hydrogen) atoms. The van der Waals surface area contributed by atoms with Gasteiger partial charge in [-0.3, -0.25) is 9.59 Å². The minimum absolute atomic E-state index is 0.00842. The molecule has 126 valence electrons. The van der Waals surface area contributed by atoms with Gasteiger partial charge in [0.05, 0.1) is 4.47 Å². The van der Waals surface area contributed by atoms with Crippen molar-refractivity contribution in [2.24, 2.45) is 0 Å². The molecule has 0 atom stereocenters. The number of benzene rings is 2. The highest BCUT2D eigenvalue weighted by molar-refractivity contribution is 9.10. The maximum Gasteiger partial charge on any atom is 0.262 e. The largest absolute Gasteiger partial charge is 0.483 e. The summed E-state index contributed by atoms with van der Waals surface area (Å²) in [6.07, 6.45) is 0. The molecule has 0 aliphatic rings. The highest BCUT2D eigenvalue weighted by Crippen LogP contribution is 2.28. The van der Waals surface area contributed by atoms with Crippen molar-refractivity contribution in [3.8, 4) is 5.75 Å². The summed E-state index contributed by atoms with van der Waals surface area (Å²) in [5, 5.41) is 2.74. The maximum absolute atomic E-state index is 12.0. The summed E-state index contributed by atoms with van der Waals surface area (Å²) in [6.45, 7) is 5.65. The van der Waals surface area contributed by atoms with Gasteiger partial charge in [0, 0.05) is 11.3 Å². The Kier molecular flexibility index (Phi) is 6.15. The van der Waals surface area contributed by atoms with Crippen LogP contribution in [0.25, 0.3) is 0 Å². The summed E-state index contributed by atoms with van der Waals surface area (Å²) in [6, 6.07) is 12.6. The smallest absolute Gasteiger partial charge is 0.262 e. The molecular formula is C19H20BrNO3. The number of hydrogen-bond acceptors (Lipinski definition) is 3. The molecule has 1 amide bonds. The van der Waals surface area contributed by atoms with Crippen LogP contribution in [-0.4, -0.2) is 18.3 Å². The molecule has 0 fully saturated rings. The molecule has 4 nitrogen and oxygen atoms in total. The van der Waals surface area contributed by atoms with E-state index in [0.29, 0.717) is 22.9 Å². The zero-order valence-electron chi connectivity index (χ0n) is 13.9. The number of halogens is 1. The molecule has 0 aromatic heterocycles. The van der Waals surface area contributed by atoms with Crippen molar-refractivity contribution < 1.29 is 14.3 Å². The van der Waals surface area contributed by atoms with Crippen molar-refractivity contribution in [1.82, 2.24) is 0 Å². The van der Waals surface area contributed by atoms with Crippen LogP contribution in [0.5, 0.6) is 5.75 Å². The van der Waals surface area contributed by atoms with E-state index in [1.165, 1.54) is 12.5 Å². The second-order valence-electron chi connectivity index (χ2n) is 5.81. The first kappa shape index (κ1) is 18.2. The molecule has 0 heterocycles. The summed E-state index contributed by atoms with van der Waals surface area (Å²) in [5.74, 6) is 0.786. The molecule has 0 aliphatic heterocycles. The third-order valence-electron chi connectivity index (χ3n) is 3.56. The number of amides is 1. The van der Waals surface area contributed by atoms with Crippen molar-refractivity contribution in [3.05, 3.63) is 58.1 Å². The lowest BCUT2D eigenvalue weighted by atomic mass is 10.0. The summed E-state index contributed by atoms with van der Waals surface area (Å²) < 4.78 is 6.38. The van der Waals surface area contributed by atoms with E-state index in [-0.39, 0.29) is 18.3 Å². The molecule has 0 unspecified atom stereocenters. The van der Waals surface area contributed by atoms with Crippen LogP contribution in [0.2, 0.25) is 0 Å². The molecule has 2 rings (SSSR count). The Bertz CT molecular complexity index is 739. The fourth-order valence-electron chi connectivity index (χ4n) is 2.12. The zero-order chi connectivity index (χ0) is 17.7. The first-order chi connectivity index (χ1) is 11.4. The van der Waals surface area contributed by atoms with Gasteiger partial charge in [0.2, 0.25) is 0 Å². The number of rotatable bonds is 6. The Balaban J connectivity index is 1.92. The van der Waals surface area contributed by atoms with Crippen molar-refractivity contribution in [2.75, 3.05) is 11.9 Å². The Morgan fingerprint density at radius 2 is 1.79 bits per heavy atom. The summed E-state index contributed by atoms with van der Waals surface area (Å²) in [5.41, 5.74) is 2.44. The Hall–Kier alpha value is -2.14. The normalized spacial score (nSPS) is 10.5. The lowest BCUT2D eigenvalue weighted by molar-refractivity contribution is -0.118. The van der Waals surface area contributed by atoms with Gasteiger partial charge in [0.15, 0.2) is 12.4 Å². The molecule has 0 radical (unpaired) electrons. The van der Waals surface area contributed by atoms with Gasteiger partial charge in [-0.25, -0.2) is 0 Å². The van der Waals surface area contributed by atoms with Gasteiger partial charge in [-0.2, -0.15) is 0 Å². The zero-order valence-corrected chi connectivity index (χ0v) is 15.5. The Morgan fingerprint density at radius 3 is 2.33 bits per heavy atom. The molecule has 0 bridgehead atoms. The fraction of sp³-hybridized carbons (Fsp3) is 0.263. The predicted octanol–water partition coefficient (Wildman–Crippen LogP) is 4.79. The minimum Gasteiger partial charge on any atom is -0.483 e. The van der Waals surface area contributed by atoms with Crippen LogP contribution in [-0.2, 0) is 4.79 Å². The number of ether oxygens (including phenoxy) is 1. The van der Waals surface area contributed by atoms with E-state index in [1.807, 2.05) is 18.2 Å². The quantitative estimate of drug-likeness (QED) is 0.722. The van der Waals surface area contributed by atoms with Crippen LogP contribution in [0.1, 0.15) is 42.6 Å². The van der Waals surface area contributed by atoms with E-state index in [1.54, 1.807) is 24.3 Å². The van der Waals surface area contributed by atoms with Crippen molar-refractivity contribution >= 4 is 33.3 Å². The molecule has 0 aliphatic carbocycles. The first-order valence-electron chi connectivity index (χ1n) is 7.70. The first-order valence-corrected chi connectivity index (χ1v) is 8.49. The van der Waals surface area contributed by atoms with Crippen LogP contribution in [0, 0.1) is 0 Å². The van der Waals surface area contributed by atoms with Crippen LogP contribution >= 0.6 is 15.9 Å². The SMILES string of the molecule is CC(=O)c1ccc(NC(=O)COc2ccc(C(C)C)cc2Br)cc1. The summed E-state index contributed by atoms with van der Waals surface area (Å²) in [7, 11) is 0. The number of hydrogen-bond donors (Lipinski definition) is 1. The van der Waals surface area contributed by atoms with Crippen LogP contribution in [0.4, 0.5) is 5.69 Å². The van der Waals surface area contributed by atoms with Gasteiger partial charge in [-0.05, 0) is 70.7 Å². The lowest BCUT2D eigenvalue weighted by Crippen LogP contribution is -2.20.